The molecule has 1 aliphatic carbocycles. The van der Waals surface area contributed by atoms with Crippen molar-refractivity contribution < 1.29 is 0 Å². The molecular formula is C16H20N2. The van der Waals surface area contributed by atoms with Crippen LogP contribution in [-0.4, -0.2) is 18.1 Å². The fraction of sp³-hybridized carbons (Fsp3) is 0.438. The van der Waals surface area contributed by atoms with Crippen molar-refractivity contribution in [2.45, 2.75) is 25.7 Å². The smallest absolute Gasteiger partial charge is 0.0704 e. The first-order valence-electron chi connectivity index (χ1n) is 6.94. The second kappa shape index (κ2) is 5.07. The van der Waals surface area contributed by atoms with Gasteiger partial charge in [-0.3, -0.25) is 4.98 Å². The van der Waals surface area contributed by atoms with Gasteiger partial charge >= 0.3 is 0 Å². The van der Waals surface area contributed by atoms with Crippen LogP contribution in [0.3, 0.4) is 0 Å². The molecule has 2 aromatic rings. The molecular weight excluding hydrogens is 220 g/mol. The van der Waals surface area contributed by atoms with E-state index in [0.717, 1.165) is 30.4 Å². The molecule has 0 radical (unpaired) electrons. The maximum absolute atomic E-state index is 4.44. The predicted molar refractivity (Wildman–Crippen MR) is 75.8 cm³/mol. The second-order valence-corrected chi connectivity index (χ2v) is 5.22. The van der Waals surface area contributed by atoms with Crippen LogP contribution < -0.4 is 5.32 Å². The molecule has 18 heavy (non-hydrogen) atoms. The van der Waals surface area contributed by atoms with Gasteiger partial charge in [-0.25, -0.2) is 0 Å². The van der Waals surface area contributed by atoms with Crippen molar-refractivity contribution in [3.8, 4) is 0 Å². The molecule has 0 aliphatic heterocycles. The summed E-state index contributed by atoms with van der Waals surface area (Å²) in [6.45, 7) is 4.52. The topological polar surface area (TPSA) is 24.9 Å². The van der Waals surface area contributed by atoms with Gasteiger partial charge in [0.2, 0.25) is 0 Å². The van der Waals surface area contributed by atoms with Crippen molar-refractivity contribution in [2.24, 2.45) is 5.92 Å². The molecule has 0 amide bonds. The highest BCUT2D eigenvalue weighted by Gasteiger charge is 2.38. The second-order valence-electron chi connectivity index (χ2n) is 5.22. The van der Waals surface area contributed by atoms with Gasteiger partial charge < -0.3 is 5.32 Å². The highest BCUT2D eigenvalue weighted by Crippen LogP contribution is 2.48. The molecule has 94 valence electrons. The van der Waals surface area contributed by atoms with Crippen LogP contribution in [0, 0.1) is 5.92 Å². The summed E-state index contributed by atoms with van der Waals surface area (Å²) in [5.74, 6) is 1.56. The molecule has 1 aromatic carbocycles. The van der Waals surface area contributed by atoms with E-state index in [2.05, 4.69) is 47.6 Å². The maximum atomic E-state index is 4.44. The number of nitrogens with zero attached hydrogens (tertiary/aromatic N) is 1. The quantitative estimate of drug-likeness (QED) is 0.811. The van der Waals surface area contributed by atoms with Crippen molar-refractivity contribution in [3.05, 3.63) is 42.1 Å². The predicted octanol–water partition coefficient (Wildman–Crippen LogP) is 3.34. The SMILES string of the molecule is CCCNCC1CC1c1ccnc2ccccc12. The first-order valence-corrected chi connectivity index (χ1v) is 6.94. The fourth-order valence-corrected chi connectivity index (χ4v) is 2.76. The van der Waals surface area contributed by atoms with Gasteiger partial charge in [0.05, 0.1) is 5.52 Å². The van der Waals surface area contributed by atoms with Gasteiger partial charge in [0.25, 0.3) is 0 Å². The Bertz CT molecular complexity index is 530. The normalized spacial score (nSPS) is 22.3. The first kappa shape index (κ1) is 11.7. The third-order valence-electron chi connectivity index (χ3n) is 3.84. The number of hydrogen-bond acceptors (Lipinski definition) is 2. The summed E-state index contributed by atoms with van der Waals surface area (Å²) in [5, 5.41) is 4.87. The van der Waals surface area contributed by atoms with Crippen LogP contribution >= 0.6 is 0 Å². The minimum absolute atomic E-state index is 0.738. The van der Waals surface area contributed by atoms with E-state index in [0.29, 0.717) is 0 Å². The van der Waals surface area contributed by atoms with Crippen LogP contribution in [-0.2, 0) is 0 Å². The lowest BCUT2D eigenvalue weighted by Gasteiger charge is -2.06. The van der Waals surface area contributed by atoms with Crippen LogP contribution in [0.2, 0.25) is 0 Å². The van der Waals surface area contributed by atoms with E-state index in [1.807, 2.05) is 6.20 Å². The van der Waals surface area contributed by atoms with E-state index < -0.39 is 0 Å². The molecule has 1 N–H and O–H groups in total. The molecule has 1 heterocycles. The summed E-state index contributed by atoms with van der Waals surface area (Å²) in [7, 11) is 0. The van der Waals surface area contributed by atoms with E-state index in [9.17, 15) is 0 Å². The largest absolute Gasteiger partial charge is 0.316 e. The maximum Gasteiger partial charge on any atom is 0.0704 e. The number of nitrogens with one attached hydrogen (secondary N) is 1. The lowest BCUT2D eigenvalue weighted by atomic mass is 10.0. The van der Waals surface area contributed by atoms with Crippen molar-refractivity contribution in [1.82, 2.24) is 10.3 Å². The number of para-hydroxylation sites is 1. The minimum atomic E-state index is 0.738. The summed E-state index contributed by atoms with van der Waals surface area (Å²) < 4.78 is 0. The summed E-state index contributed by atoms with van der Waals surface area (Å²) in [5.41, 5.74) is 2.62. The van der Waals surface area contributed by atoms with Crippen LogP contribution in [0.15, 0.2) is 36.5 Å². The monoisotopic (exact) mass is 240 g/mol. The summed E-state index contributed by atoms with van der Waals surface area (Å²) in [6, 6.07) is 10.7. The van der Waals surface area contributed by atoms with E-state index in [-0.39, 0.29) is 0 Å². The lowest BCUT2D eigenvalue weighted by molar-refractivity contribution is 0.620. The average molecular weight is 240 g/mol. The molecule has 2 nitrogen and oxygen atoms in total. The molecule has 1 aromatic heterocycles. The molecule has 0 saturated heterocycles. The Morgan fingerprint density at radius 1 is 1.28 bits per heavy atom. The number of aromatic nitrogens is 1. The number of hydrogen-bond donors (Lipinski definition) is 1. The molecule has 1 fully saturated rings. The van der Waals surface area contributed by atoms with Crippen molar-refractivity contribution in [1.29, 1.82) is 0 Å². The van der Waals surface area contributed by atoms with Gasteiger partial charge in [-0.15, -0.1) is 0 Å². The van der Waals surface area contributed by atoms with Gasteiger partial charge in [-0.1, -0.05) is 25.1 Å². The van der Waals surface area contributed by atoms with E-state index in [1.165, 1.54) is 23.8 Å². The summed E-state index contributed by atoms with van der Waals surface area (Å²) >= 11 is 0. The zero-order valence-electron chi connectivity index (χ0n) is 10.9. The Labute approximate surface area is 108 Å². The Morgan fingerprint density at radius 2 is 2.17 bits per heavy atom. The highest BCUT2D eigenvalue weighted by atomic mass is 14.9. The van der Waals surface area contributed by atoms with E-state index in [4.69, 9.17) is 0 Å². The molecule has 0 bridgehead atoms. The van der Waals surface area contributed by atoms with Gasteiger partial charge in [0.15, 0.2) is 0 Å². The van der Waals surface area contributed by atoms with Crippen LogP contribution in [0.25, 0.3) is 10.9 Å². The Balaban J connectivity index is 1.76. The molecule has 2 atom stereocenters. The Kier molecular flexibility index (Phi) is 3.28. The number of rotatable bonds is 5. The average Bonchev–Trinajstić information content (AvgIpc) is 3.18. The zero-order valence-corrected chi connectivity index (χ0v) is 10.9. The number of pyridine rings is 1. The molecule has 2 heteroatoms. The van der Waals surface area contributed by atoms with Crippen molar-refractivity contribution in [2.75, 3.05) is 13.1 Å². The number of fused-ring (bicyclic) bond motifs is 1. The molecule has 1 saturated carbocycles. The highest BCUT2D eigenvalue weighted by molar-refractivity contribution is 5.82. The van der Waals surface area contributed by atoms with Gasteiger partial charge in [-0.05, 0) is 55.5 Å². The minimum Gasteiger partial charge on any atom is -0.316 e. The molecule has 3 rings (SSSR count). The van der Waals surface area contributed by atoms with Crippen molar-refractivity contribution in [3.63, 3.8) is 0 Å². The summed E-state index contributed by atoms with van der Waals surface area (Å²) in [6.07, 6.45) is 4.49. The first-order chi connectivity index (χ1) is 8.90. The van der Waals surface area contributed by atoms with Gasteiger partial charge in [-0.2, -0.15) is 0 Å². The Morgan fingerprint density at radius 3 is 3.06 bits per heavy atom. The molecule has 2 unspecified atom stereocenters. The van der Waals surface area contributed by atoms with Crippen LogP contribution in [0.5, 0.6) is 0 Å². The van der Waals surface area contributed by atoms with Crippen molar-refractivity contribution >= 4 is 10.9 Å². The van der Waals surface area contributed by atoms with E-state index in [1.54, 1.807) is 0 Å². The standard InChI is InChI=1S/C16H20N2/c1-2-8-17-11-12-10-15(12)13-7-9-18-16-6-4-3-5-14(13)16/h3-7,9,12,15,17H,2,8,10-11H2,1H3. The number of benzene rings is 1. The zero-order chi connectivity index (χ0) is 12.4. The third kappa shape index (κ3) is 2.25. The summed E-state index contributed by atoms with van der Waals surface area (Å²) in [4.78, 5) is 4.44. The van der Waals surface area contributed by atoms with Gasteiger partial charge in [0, 0.05) is 11.6 Å². The van der Waals surface area contributed by atoms with Crippen LogP contribution in [0.1, 0.15) is 31.2 Å². The fourth-order valence-electron chi connectivity index (χ4n) is 2.76. The molecule has 0 spiro atoms. The third-order valence-corrected chi connectivity index (χ3v) is 3.84. The van der Waals surface area contributed by atoms with E-state index >= 15 is 0 Å². The Hall–Kier alpha value is -1.41. The lowest BCUT2D eigenvalue weighted by Crippen LogP contribution is -2.17. The molecule has 1 aliphatic rings. The van der Waals surface area contributed by atoms with Crippen LogP contribution in [0.4, 0.5) is 0 Å². The van der Waals surface area contributed by atoms with Gasteiger partial charge in [0.1, 0.15) is 0 Å².